The summed E-state index contributed by atoms with van der Waals surface area (Å²) in [7, 11) is 3.52. The molecular weight excluding hydrogens is 284 g/mol. The van der Waals surface area contributed by atoms with Crippen LogP contribution in [0.1, 0.15) is 5.56 Å². The molecular formula is C15H22N4O3. The van der Waals surface area contributed by atoms with E-state index in [0.29, 0.717) is 12.1 Å². The van der Waals surface area contributed by atoms with Gasteiger partial charge in [0.2, 0.25) is 5.91 Å². The highest BCUT2D eigenvalue weighted by Gasteiger charge is 2.21. The lowest BCUT2D eigenvalue weighted by atomic mass is 10.1. The monoisotopic (exact) mass is 306 g/mol. The first-order valence-corrected chi connectivity index (χ1v) is 7.31. The molecule has 0 bridgehead atoms. The lowest BCUT2D eigenvalue weighted by Crippen LogP contribution is -2.49. The first-order valence-electron chi connectivity index (χ1n) is 7.31. The van der Waals surface area contributed by atoms with Crippen LogP contribution in [0.5, 0.6) is 0 Å². The Labute approximate surface area is 130 Å². The average Bonchev–Trinajstić information content (AvgIpc) is 2.47. The molecule has 0 aromatic heterocycles. The zero-order valence-corrected chi connectivity index (χ0v) is 13.3. The molecule has 1 aliphatic heterocycles. The second-order valence-electron chi connectivity index (χ2n) is 5.78. The van der Waals surface area contributed by atoms with Gasteiger partial charge in [-0.3, -0.25) is 19.8 Å². The van der Waals surface area contributed by atoms with E-state index in [2.05, 4.69) is 9.80 Å². The topological polar surface area (TPSA) is 69.9 Å². The van der Waals surface area contributed by atoms with E-state index in [1.165, 1.54) is 0 Å². The zero-order chi connectivity index (χ0) is 16.3. The zero-order valence-electron chi connectivity index (χ0n) is 13.3. The number of aryl methyl sites for hydroxylation is 1. The first kappa shape index (κ1) is 16.2. The summed E-state index contributed by atoms with van der Waals surface area (Å²) in [6, 6.07) is 5.22. The molecule has 7 nitrogen and oxygen atoms in total. The minimum absolute atomic E-state index is 0.111. The van der Waals surface area contributed by atoms with E-state index in [4.69, 9.17) is 0 Å². The first-order chi connectivity index (χ1) is 10.4. The second kappa shape index (κ2) is 6.74. The van der Waals surface area contributed by atoms with Crippen molar-refractivity contribution in [2.75, 3.05) is 51.7 Å². The lowest BCUT2D eigenvalue weighted by molar-refractivity contribution is -0.385. The summed E-state index contributed by atoms with van der Waals surface area (Å²) in [6.07, 6.45) is 0. The van der Waals surface area contributed by atoms with Crippen LogP contribution in [0, 0.1) is 17.0 Å². The predicted molar refractivity (Wildman–Crippen MR) is 85.2 cm³/mol. The summed E-state index contributed by atoms with van der Waals surface area (Å²) in [6.45, 7) is 5.47. The van der Waals surface area contributed by atoms with E-state index >= 15 is 0 Å². The molecule has 0 radical (unpaired) electrons. The normalized spacial score (nSPS) is 15.7. The van der Waals surface area contributed by atoms with Crippen molar-refractivity contribution in [2.45, 2.75) is 6.92 Å². The van der Waals surface area contributed by atoms with Gasteiger partial charge in [-0.2, -0.15) is 0 Å². The summed E-state index contributed by atoms with van der Waals surface area (Å²) >= 11 is 0. The summed E-state index contributed by atoms with van der Waals surface area (Å²) in [4.78, 5) is 28.2. The molecule has 0 N–H and O–H groups in total. The van der Waals surface area contributed by atoms with Gasteiger partial charge in [-0.25, -0.2) is 0 Å². The smallest absolute Gasteiger partial charge is 0.272 e. The Morgan fingerprint density at radius 3 is 2.41 bits per heavy atom. The van der Waals surface area contributed by atoms with Crippen molar-refractivity contribution in [3.8, 4) is 0 Å². The highest BCUT2D eigenvalue weighted by molar-refractivity contribution is 5.77. The third kappa shape index (κ3) is 3.73. The largest absolute Gasteiger partial charge is 0.369 e. The van der Waals surface area contributed by atoms with E-state index < -0.39 is 0 Å². The maximum atomic E-state index is 11.7. The van der Waals surface area contributed by atoms with E-state index in [1.54, 1.807) is 38.1 Å². The van der Waals surface area contributed by atoms with Crippen LogP contribution in [0.25, 0.3) is 0 Å². The number of rotatable bonds is 4. The minimum Gasteiger partial charge on any atom is -0.369 e. The number of amides is 1. The molecule has 0 atom stereocenters. The fourth-order valence-corrected chi connectivity index (χ4v) is 2.54. The Balaban J connectivity index is 1.96. The van der Waals surface area contributed by atoms with Crippen LogP contribution >= 0.6 is 0 Å². The van der Waals surface area contributed by atoms with Crippen LogP contribution in [0.4, 0.5) is 11.4 Å². The van der Waals surface area contributed by atoms with Gasteiger partial charge in [-0.15, -0.1) is 0 Å². The van der Waals surface area contributed by atoms with Crippen LogP contribution in [0.15, 0.2) is 18.2 Å². The number of likely N-dealkylation sites (N-methyl/N-ethyl adjacent to an activating group) is 1. The van der Waals surface area contributed by atoms with Crippen LogP contribution in [0.3, 0.4) is 0 Å². The summed E-state index contributed by atoms with van der Waals surface area (Å²) in [5, 5.41) is 10.9. The van der Waals surface area contributed by atoms with E-state index in [9.17, 15) is 14.9 Å². The molecule has 1 aromatic carbocycles. The fraction of sp³-hybridized carbons (Fsp3) is 0.533. The molecule has 1 aliphatic rings. The number of carbonyl (C=O) groups is 1. The number of anilines is 1. The van der Waals surface area contributed by atoms with E-state index in [0.717, 1.165) is 31.9 Å². The average molecular weight is 306 g/mol. The Morgan fingerprint density at radius 1 is 1.27 bits per heavy atom. The number of nitrogens with zero attached hydrogens (tertiary/aromatic N) is 4. The molecule has 2 rings (SSSR count). The summed E-state index contributed by atoms with van der Waals surface area (Å²) in [5.41, 5.74) is 1.83. The number of nitro groups is 1. The van der Waals surface area contributed by atoms with Gasteiger partial charge < -0.3 is 9.80 Å². The molecule has 0 spiro atoms. The van der Waals surface area contributed by atoms with E-state index in [1.807, 2.05) is 6.07 Å². The van der Waals surface area contributed by atoms with Gasteiger partial charge in [0, 0.05) is 57.6 Å². The quantitative estimate of drug-likeness (QED) is 0.616. The number of carbonyl (C=O) groups excluding carboxylic acids is 1. The maximum Gasteiger partial charge on any atom is 0.272 e. The van der Waals surface area contributed by atoms with Gasteiger partial charge in [-0.05, 0) is 19.1 Å². The molecule has 0 saturated carbocycles. The number of hydrogen-bond donors (Lipinski definition) is 0. The van der Waals surface area contributed by atoms with Crippen molar-refractivity contribution >= 4 is 17.3 Å². The molecule has 0 aliphatic carbocycles. The minimum atomic E-state index is -0.357. The molecule has 120 valence electrons. The van der Waals surface area contributed by atoms with Crippen molar-refractivity contribution in [3.63, 3.8) is 0 Å². The Kier molecular flexibility index (Phi) is 4.97. The Bertz CT molecular complexity index is 566. The van der Waals surface area contributed by atoms with Crippen LogP contribution in [0.2, 0.25) is 0 Å². The molecule has 0 unspecified atom stereocenters. The SMILES string of the molecule is Cc1cc(N2CCN(CC(=O)N(C)C)CC2)ccc1[N+](=O)[O-]. The highest BCUT2D eigenvalue weighted by Crippen LogP contribution is 2.25. The summed E-state index contributed by atoms with van der Waals surface area (Å²) in [5.74, 6) is 0.111. The Morgan fingerprint density at radius 2 is 1.91 bits per heavy atom. The highest BCUT2D eigenvalue weighted by atomic mass is 16.6. The van der Waals surface area contributed by atoms with Gasteiger partial charge in [-0.1, -0.05) is 0 Å². The van der Waals surface area contributed by atoms with Crippen LogP contribution in [-0.4, -0.2) is 67.4 Å². The van der Waals surface area contributed by atoms with Gasteiger partial charge >= 0.3 is 0 Å². The van der Waals surface area contributed by atoms with Crippen LogP contribution < -0.4 is 4.90 Å². The van der Waals surface area contributed by atoms with Gasteiger partial charge in [0.15, 0.2) is 0 Å². The van der Waals surface area contributed by atoms with Gasteiger partial charge in [0.05, 0.1) is 11.5 Å². The van der Waals surface area contributed by atoms with Crippen molar-refractivity contribution in [2.24, 2.45) is 0 Å². The molecule has 1 fully saturated rings. The van der Waals surface area contributed by atoms with Gasteiger partial charge in [0.25, 0.3) is 5.69 Å². The third-order valence-electron chi connectivity index (χ3n) is 3.97. The van der Waals surface area contributed by atoms with E-state index in [-0.39, 0.29) is 16.5 Å². The number of benzene rings is 1. The fourth-order valence-electron chi connectivity index (χ4n) is 2.54. The molecule has 1 aromatic rings. The lowest BCUT2D eigenvalue weighted by Gasteiger charge is -2.36. The molecule has 22 heavy (non-hydrogen) atoms. The van der Waals surface area contributed by atoms with Crippen molar-refractivity contribution in [1.29, 1.82) is 0 Å². The number of hydrogen-bond acceptors (Lipinski definition) is 5. The number of nitro benzene ring substituents is 1. The molecule has 7 heteroatoms. The van der Waals surface area contributed by atoms with Crippen molar-refractivity contribution in [3.05, 3.63) is 33.9 Å². The summed E-state index contributed by atoms with van der Waals surface area (Å²) < 4.78 is 0. The second-order valence-corrected chi connectivity index (χ2v) is 5.78. The predicted octanol–water partition coefficient (Wildman–Crippen LogP) is 1.11. The molecule has 1 saturated heterocycles. The maximum absolute atomic E-state index is 11.7. The number of piperazine rings is 1. The van der Waals surface area contributed by atoms with Crippen molar-refractivity contribution in [1.82, 2.24) is 9.80 Å². The van der Waals surface area contributed by atoms with Gasteiger partial charge in [0.1, 0.15) is 0 Å². The van der Waals surface area contributed by atoms with Crippen LogP contribution in [-0.2, 0) is 4.79 Å². The Hall–Kier alpha value is -2.15. The molecule has 1 amide bonds. The molecule has 1 heterocycles. The van der Waals surface area contributed by atoms with Crippen molar-refractivity contribution < 1.29 is 9.72 Å². The standard InChI is InChI=1S/C15H22N4O3/c1-12-10-13(4-5-14(12)19(21)22)18-8-6-17(7-9-18)11-15(20)16(2)3/h4-5,10H,6-9,11H2,1-3H3. The third-order valence-corrected chi connectivity index (χ3v) is 3.97.